The van der Waals surface area contributed by atoms with E-state index in [2.05, 4.69) is 230 Å². The lowest BCUT2D eigenvalue weighted by Gasteiger charge is -2.47. The largest absolute Gasteiger partial charge is 0.481 e. The summed E-state index contributed by atoms with van der Waals surface area (Å²) >= 11 is 0. The van der Waals surface area contributed by atoms with Crippen molar-refractivity contribution in [1.82, 2.24) is 24.5 Å². The van der Waals surface area contributed by atoms with Crippen LogP contribution < -0.4 is 0 Å². The molecule has 5 aromatic rings. The highest BCUT2D eigenvalue weighted by Gasteiger charge is 2.45. The standard InChI is InChI=1S/C20H28N2.C20H29NO2.2C20H31NO.C19H27NO/c1-13(2)7-18-12-22-6-5-16-8-14(3)15(4)9-19(16)20(22)10-17(18)11-21;1-12(2)7-16-11-21-6-5-15-8-13(3)14(4)9-17(15)19(21)10-18(16)20(22)23;2*1-13(2)7-17-11-21-6-5-16-8-14(3)15(4)9-19(16)20(21)10-18(17)12-22;1-12(2)7-16-11-20-6-5-15-8-13(3)14(4)9-17(15)18(20)10-19(16)21/h8-9,13,17-18,20H,5-7,10,12H2,1-4H3;8-9,12,16,18-19H,5-7,10-11H2,1-4H3,(H,22,23);2*8-9,13,17-18,20,22H,5-7,10-12H2,1-4H3;8-9,12,16,18H,5-7,10-11H2,1-4H3/t17?,18-,20-;16-,18-,19-;2*17-,18+,20-;16-,18-/m11111/s1. The molecule has 14 atom stereocenters. The smallest absolute Gasteiger partial charge is 0.306 e. The van der Waals surface area contributed by atoms with Crippen molar-refractivity contribution in [3.8, 4) is 6.07 Å². The van der Waals surface area contributed by atoms with Gasteiger partial charge in [-0.2, -0.15) is 5.26 Å². The van der Waals surface area contributed by atoms with Gasteiger partial charge in [0.2, 0.25) is 0 Å². The second-order valence-electron chi connectivity index (χ2n) is 39.0. The summed E-state index contributed by atoms with van der Waals surface area (Å²) in [4.78, 5) is 37.5. The van der Waals surface area contributed by atoms with Crippen LogP contribution in [0.5, 0.6) is 0 Å². The predicted octanol–water partition coefficient (Wildman–Crippen LogP) is 20.0. The zero-order chi connectivity index (χ0) is 79.4. The molecule has 0 spiro atoms. The van der Waals surface area contributed by atoms with Crippen molar-refractivity contribution >= 4 is 11.8 Å². The summed E-state index contributed by atoms with van der Waals surface area (Å²) in [5.74, 6) is 6.54. The lowest BCUT2D eigenvalue weighted by molar-refractivity contribution is -0.147. The van der Waals surface area contributed by atoms with E-state index in [1.165, 1.54) is 165 Å². The Balaban J connectivity index is 0.000000136. The number of piperidine rings is 5. The number of benzene rings is 5. The van der Waals surface area contributed by atoms with Crippen LogP contribution in [0.15, 0.2) is 60.7 Å². The Morgan fingerprint density at radius 3 is 0.964 bits per heavy atom. The Hall–Kier alpha value is -5.55. The van der Waals surface area contributed by atoms with Gasteiger partial charge in [0, 0.05) is 121 Å². The highest BCUT2D eigenvalue weighted by atomic mass is 16.4. The molecule has 11 heteroatoms. The number of nitriles is 1. The first-order chi connectivity index (χ1) is 52.3. The van der Waals surface area contributed by atoms with Crippen molar-refractivity contribution in [3.05, 3.63) is 172 Å². The second-order valence-corrected chi connectivity index (χ2v) is 39.0. The van der Waals surface area contributed by atoms with Crippen LogP contribution in [0.25, 0.3) is 0 Å². The molecule has 10 aliphatic rings. The van der Waals surface area contributed by atoms with Gasteiger partial charge in [0.15, 0.2) is 0 Å². The molecule has 0 aromatic heterocycles. The molecule has 11 nitrogen and oxygen atoms in total. The predicted molar refractivity (Wildman–Crippen MR) is 454 cm³/mol. The van der Waals surface area contributed by atoms with Gasteiger partial charge in [-0.05, 0) is 335 Å². The molecule has 10 heterocycles. The third kappa shape index (κ3) is 20.0. The lowest BCUT2D eigenvalue weighted by atomic mass is 9.74. The quantitative estimate of drug-likeness (QED) is 0.104. The van der Waals surface area contributed by atoms with Crippen LogP contribution in [0.2, 0.25) is 0 Å². The Bertz CT molecular complexity index is 3930. The van der Waals surface area contributed by atoms with Gasteiger partial charge in [-0.25, -0.2) is 0 Å². The Kier molecular flexibility index (Phi) is 29.0. The number of carbonyl (C=O) groups is 2. The molecule has 0 saturated carbocycles. The average Bonchev–Trinajstić information content (AvgIpc) is 0.791. The maximum absolute atomic E-state index is 12.5. The fraction of sp³-hybridized carbons (Fsp3) is 0.667. The lowest BCUT2D eigenvalue weighted by Crippen LogP contribution is -2.48. The number of aliphatic carboxylic acids is 1. The number of hydrogen-bond acceptors (Lipinski definition) is 10. The van der Waals surface area contributed by atoms with Crippen LogP contribution in [0.1, 0.15) is 275 Å². The fourth-order valence-electron chi connectivity index (χ4n) is 22.1. The number of aryl methyl sites for hydroxylation is 10. The van der Waals surface area contributed by atoms with Gasteiger partial charge in [0.25, 0.3) is 0 Å². The molecular formula is C99H146N6O5. The maximum Gasteiger partial charge on any atom is 0.306 e. The normalized spacial score (nSPS) is 27.7. The molecule has 10 aliphatic heterocycles. The number of aliphatic hydroxyl groups is 2. The number of aliphatic hydroxyl groups excluding tert-OH is 2. The SMILES string of the molecule is Cc1cc2c(cc1C)[C@H]1CC(=O)[C@H](CC(C)C)CN1CC2.Cc1cc2c(cc1C)[C@H]1CC(C#N)[C@H](CC(C)C)CN1CC2.Cc1cc2c(cc1C)[C@H]1C[C@@H](C(=O)O)[C@H](CC(C)C)CN1CC2.Cc1cc2c(cc1C)[C@H]1C[C@@H](CO)[C@H](CC(C)C)CN1CC2.Cc1cc2c(cc1C)[C@H]1C[C@@H](CO)[C@H](CC(C)C)CN1CC2. The molecule has 0 aliphatic carbocycles. The third-order valence-corrected chi connectivity index (χ3v) is 28.6. The first-order valence-electron chi connectivity index (χ1n) is 43.9. The molecular weight excluding hydrogens is 1350 g/mol. The minimum absolute atomic E-state index is 0.203. The minimum Gasteiger partial charge on any atom is -0.481 e. The molecule has 110 heavy (non-hydrogen) atoms. The summed E-state index contributed by atoms with van der Waals surface area (Å²) in [7, 11) is 0. The molecule has 5 aromatic carbocycles. The number of hydrogen-bond donors (Lipinski definition) is 3. The molecule has 5 saturated heterocycles. The van der Waals surface area contributed by atoms with Crippen LogP contribution in [-0.2, 0) is 41.7 Å². The number of carboxylic acid groups (broad SMARTS) is 1. The zero-order valence-electron chi connectivity index (χ0n) is 72.2. The van der Waals surface area contributed by atoms with Gasteiger partial charge in [-0.1, -0.05) is 130 Å². The van der Waals surface area contributed by atoms with Gasteiger partial charge in [0.05, 0.1) is 17.9 Å². The Labute approximate surface area is 667 Å². The van der Waals surface area contributed by atoms with E-state index in [-0.39, 0.29) is 23.7 Å². The number of carboxylic acids is 1. The summed E-state index contributed by atoms with van der Waals surface area (Å²) in [6, 6.07) is 28.5. The van der Waals surface area contributed by atoms with E-state index in [1.807, 2.05) is 0 Å². The van der Waals surface area contributed by atoms with E-state index >= 15 is 0 Å². The molecule has 0 radical (unpaired) electrons. The first-order valence-corrected chi connectivity index (χ1v) is 43.9. The minimum atomic E-state index is -0.605. The molecule has 0 amide bonds. The van der Waals surface area contributed by atoms with Crippen molar-refractivity contribution < 1.29 is 24.9 Å². The van der Waals surface area contributed by atoms with Crippen molar-refractivity contribution in [2.24, 2.45) is 82.9 Å². The number of fused-ring (bicyclic) bond motifs is 15. The van der Waals surface area contributed by atoms with Gasteiger partial charge in [0.1, 0.15) is 5.78 Å². The Morgan fingerprint density at radius 2 is 0.645 bits per heavy atom. The summed E-state index contributed by atoms with van der Waals surface area (Å²) in [5, 5.41) is 39.2. The van der Waals surface area contributed by atoms with Crippen molar-refractivity contribution in [1.29, 1.82) is 5.26 Å². The van der Waals surface area contributed by atoms with Crippen LogP contribution in [0, 0.1) is 163 Å². The van der Waals surface area contributed by atoms with Crippen LogP contribution in [0.4, 0.5) is 0 Å². The fourth-order valence-corrected chi connectivity index (χ4v) is 22.1. The number of rotatable bonds is 13. The molecule has 3 N–H and O–H groups in total. The summed E-state index contributed by atoms with van der Waals surface area (Å²) in [6.07, 6.45) is 16.3. The van der Waals surface area contributed by atoms with Gasteiger partial charge < -0.3 is 15.3 Å². The monoisotopic (exact) mass is 1500 g/mol. The number of ketones is 1. The molecule has 0 bridgehead atoms. The maximum atomic E-state index is 12.5. The molecule has 602 valence electrons. The number of nitrogens with zero attached hydrogens (tertiary/aromatic N) is 6. The van der Waals surface area contributed by atoms with E-state index < -0.39 is 5.97 Å². The summed E-state index contributed by atoms with van der Waals surface area (Å²) < 4.78 is 0. The number of carbonyl (C=O) groups excluding carboxylic acids is 1. The highest BCUT2D eigenvalue weighted by Crippen LogP contribution is 2.49. The average molecular weight is 1500 g/mol. The summed E-state index contributed by atoms with van der Waals surface area (Å²) in [5.41, 5.74) is 28.7. The second kappa shape index (κ2) is 37.4. The van der Waals surface area contributed by atoms with Gasteiger partial charge in [-0.15, -0.1) is 0 Å². The zero-order valence-corrected chi connectivity index (χ0v) is 72.2. The van der Waals surface area contributed by atoms with E-state index in [9.17, 15) is 30.2 Å². The topological polar surface area (TPSA) is 135 Å². The van der Waals surface area contributed by atoms with E-state index in [1.54, 1.807) is 11.1 Å². The van der Waals surface area contributed by atoms with Crippen LogP contribution >= 0.6 is 0 Å². The number of Topliss-reactive ketones (excluding diaryl/α,β-unsaturated/α-hetero) is 1. The van der Waals surface area contributed by atoms with Crippen molar-refractivity contribution in [2.75, 3.05) is 78.7 Å². The van der Waals surface area contributed by atoms with Crippen molar-refractivity contribution in [3.63, 3.8) is 0 Å². The van der Waals surface area contributed by atoms with Crippen molar-refractivity contribution in [2.45, 2.75) is 265 Å². The molecule has 1 unspecified atom stereocenters. The first kappa shape index (κ1) is 85.3. The van der Waals surface area contributed by atoms with E-state index in [4.69, 9.17) is 0 Å². The van der Waals surface area contributed by atoms with Crippen LogP contribution in [-0.4, -0.2) is 130 Å². The van der Waals surface area contributed by atoms with E-state index in [0.29, 0.717) is 103 Å². The third-order valence-electron chi connectivity index (χ3n) is 28.6. The summed E-state index contributed by atoms with van der Waals surface area (Å²) in [6.45, 7) is 56.4. The van der Waals surface area contributed by atoms with Crippen LogP contribution in [0.3, 0.4) is 0 Å². The Morgan fingerprint density at radius 1 is 0.373 bits per heavy atom. The highest BCUT2D eigenvalue weighted by molar-refractivity contribution is 5.83. The molecule has 15 rings (SSSR count). The van der Waals surface area contributed by atoms with Gasteiger partial charge >= 0.3 is 5.97 Å². The van der Waals surface area contributed by atoms with E-state index in [0.717, 1.165) is 102 Å². The molecule has 5 fully saturated rings. The van der Waals surface area contributed by atoms with Gasteiger partial charge in [-0.3, -0.25) is 34.1 Å².